The van der Waals surface area contributed by atoms with Crippen LogP contribution in [0.15, 0.2) is 54.1 Å². The molecule has 0 aliphatic heterocycles. The van der Waals surface area contributed by atoms with Gasteiger partial charge in [0.25, 0.3) is 11.6 Å². The Kier molecular flexibility index (Phi) is 6.55. The van der Waals surface area contributed by atoms with Gasteiger partial charge in [-0.15, -0.1) is 0 Å². The fraction of sp³-hybridized carbons (Fsp3) is 0.308. The highest BCUT2D eigenvalue weighted by molar-refractivity contribution is 6.04. The van der Waals surface area contributed by atoms with Crippen LogP contribution in [0.25, 0.3) is 17.0 Å². The minimum absolute atomic E-state index is 0.0547. The Morgan fingerprint density at radius 1 is 1.18 bits per heavy atom. The van der Waals surface area contributed by atoms with Crippen molar-refractivity contribution in [1.29, 1.82) is 5.26 Å². The predicted octanol–water partition coefficient (Wildman–Crippen LogP) is 5.26. The molecule has 7 nitrogen and oxygen atoms in total. The lowest BCUT2D eigenvalue weighted by Gasteiger charge is -2.22. The summed E-state index contributed by atoms with van der Waals surface area (Å²) in [6, 6.07) is 16.6. The van der Waals surface area contributed by atoms with Crippen LogP contribution in [0.2, 0.25) is 0 Å². The minimum atomic E-state index is -0.412. The Hall–Kier alpha value is -3.92. The molecule has 0 atom stereocenters. The fourth-order valence-corrected chi connectivity index (χ4v) is 4.55. The van der Waals surface area contributed by atoms with Gasteiger partial charge in [-0.05, 0) is 37.5 Å². The number of carbonyl (C=O) groups excluding carboxylic acids is 1. The van der Waals surface area contributed by atoms with Crippen LogP contribution >= 0.6 is 0 Å². The number of nitrogens with zero attached hydrogens (tertiary/aromatic N) is 3. The van der Waals surface area contributed by atoms with Gasteiger partial charge in [-0.1, -0.05) is 49.6 Å². The van der Waals surface area contributed by atoms with Crippen LogP contribution in [0, 0.1) is 28.4 Å². The highest BCUT2D eigenvalue weighted by Crippen LogP contribution is 2.29. The Balaban J connectivity index is 1.67. The largest absolute Gasteiger partial charge is 0.349 e. The SMILES string of the molecule is Cc1c(/C=C(\C#N)C(=O)NC2CCCCC2)c2ccccc2n1Cc1ccc([N+](=O)[O-])cc1. The highest BCUT2D eigenvalue weighted by atomic mass is 16.6. The lowest BCUT2D eigenvalue weighted by Crippen LogP contribution is -2.36. The van der Waals surface area contributed by atoms with E-state index in [1.165, 1.54) is 18.6 Å². The molecular formula is C26H26N4O3. The molecule has 33 heavy (non-hydrogen) atoms. The third-order valence-electron chi connectivity index (χ3n) is 6.36. The van der Waals surface area contributed by atoms with Gasteiger partial charge in [-0.25, -0.2) is 0 Å². The highest BCUT2D eigenvalue weighted by Gasteiger charge is 2.20. The first-order valence-electron chi connectivity index (χ1n) is 11.2. The Bertz CT molecular complexity index is 1260. The number of carbonyl (C=O) groups is 1. The summed E-state index contributed by atoms with van der Waals surface area (Å²) in [5, 5.41) is 24.7. The number of hydrogen-bond acceptors (Lipinski definition) is 4. The van der Waals surface area contributed by atoms with Crippen LogP contribution in [0.5, 0.6) is 0 Å². The molecule has 1 aliphatic rings. The first kappa shape index (κ1) is 22.3. The van der Waals surface area contributed by atoms with Crippen LogP contribution in [0.1, 0.15) is 48.9 Å². The maximum absolute atomic E-state index is 12.8. The van der Waals surface area contributed by atoms with E-state index in [0.29, 0.717) is 6.54 Å². The van der Waals surface area contributed by atoms with E-state index in [1.54, 1.807) is 18.2 Å². The monoisotopic (exact) mass is 442 g/mol. The van der Waals surface area contributed by atoms with Gasteiger partial charge in [0.15, 0.2) is 0 Å². The summed E-state index contributed by atoms with van der Waals surface area (Å²) in [5.41, 5.74) is 3.82. The fourth-order valence-electron chi connectivity index (χ4n) is 4.55. The quantitative estimate of drug-likeness (QED) is 0.243. The molecule has 1 aliphatic carbocycles. The van der Waals surface area contributed by atoms with Crippen molar-refractivity contribution in [1.82, 2.24) is 9.88 Å². The Labute approximate surface area is 192 Å². The van der Waals surface area contributed by atoms with E-state index in [2.05, 4.69) is 16.0 Å². The molecule has 3 aromatic rings. The standard InChI is InChI=1S/C26H26N4O3/c1-18-24(15-20(16-27)26(31)28-21-7-3-2-4-8-21)23-9-5-6-10-25(23)29(18)17-19-11-13-22(14-12-19)30(32)33/h5-6,9-15,21H,2-4,7-8,17H2,1H3,(H,28,31)/b20-15+. The summed E-state index contributed by atoms with van der Waals surface area (Å²) >= 11 is 0. The third kappa shape index (κ3) is 4.80. The summed E-state index contributed by atoms with van der Waals surface area (Å²) in [6.07, 6.45) is 7.00. The molecular weight excluding hydrogens is 416 g/mol. The average Bonchev–Trinajstić information content (AvgIpc) is 3.09. The molecule has 168 valence electrons. The van der Waals surface area contributed by atoms with E-state index < -0.39 is 4.92 Å². The minimum Gasteiger partial charge on any atom is -0.349 e. The smallest absolute Gasteiger partial charge is 0.269 e. The number of amides is 1. The maximum Gasteiger partial charge on any atom is 0.269 e. The summed E-state index contributed by atoms with van der Waals surface area (Å²) in [7, 11) is 0. The molecule has 1 amide bonds. The van der Waals surface area contributed by atoms with Crippen molar-refractivity contribution in [3.05, 3.63) is 81.0 Å². The third-order valence-corrected chi connectivity index (χ3v) is 6.36. The Morgan fingerprint density at radius 2 is 1.88 bits per heavy atom. The zero-order valence-electron chi connectivity index (χ0n) is 18.6. The van der Waals surface area contributed by atoms with E-state index >= 15 is 0 Å². The normalized spacial score (nSPS) is 14.7. The molecule has 0 saturated heterocycles. The Morgan fingerprint density at radius 3 is 2.55 bits per heavy atom. The summed E-state index contributed by atoms with van der Waals surface area (Å²) in [5.74, 6) is -0.323. The second kappa shape index (κ2) is 9.70. The average molecular weight is 443 g/mol. The van der Waals surface area contributed by atoms with Crippen LogP contribution in [-0.4, -0.2) is 21.4 Å². The van der Waals surface area contributed by atoms with Crippen LogP contribution in [0.3, 0.4) is 0 Å². The van der Waals surface area contributed by atoms with E-state index in [9.17, 15) is 20.2 Å². The number of fused-ring (bicyclic) bond motifs is 1. The van der Waals surface area contributed by atoms with Crippen molar-refractivity contribution in [2.45, 2.75) is 51.6 Å². The molecule has 7 heteroatoms. The molecule has 0 unspecified atom stereocenters. The zero-order valence-corrected chi connectivity index (χ0v) is 18.6. The summed E-state index contributed by atoms with van der Waals surface area (Å²) in [4.78, 5) is 23.4. The number of para-hydroxylation sites is 1. The van der Waals surface area contributed by atoms with E-state index in [1.807, 2.05) is 31.2 Å². The summed E-state index contributed by atoms with van der Waals surface area (Å²) < 4.78 is 2.11. The van der Waals surface area contributed by atoms with Gasteiger partial charge in [0.1, 0.15) is 11.6 Å². The molecule has 1 aromatic heterocycles. The number of nitriles is 1. The predicted molar refractivity (Wildman–Crippen MR) is 127 cm³/mol. The molecule has 2 aromatic carbocycles. The molecule has 0 spiro atoms. The number of benzene rings is 2. The van der Waals surface area contributed by atoms with E-state index in [-0.39, 0.29) is 23.2 Å². The number of aromatic nitrogens is 1. The number of non-ortho nitro benzene ring substituents is 1. The lowest BCUT2D eigenvalue weighted by molar-refractivity contribution is -0.384. The summed E-state index contributed by atoms with van der Waals surface area (Å²) in [6.45, 7) is 2.49. The molecule has 0 bridgehead atoms. The van der Waals surface area contributed by atoms with Gasteiger partial charge in [-0.3, -0.25) is 14.9 Å². The van der Waals surface area contributed by atoms with Crippen molar-refractivity contribution < 1.29 is 9.72 Å². The first-order valence-corrected chi connectivity index (χ1v) is 11.2. The van der Waals surface area contributed by atoms with Crippen molar-refractivity contribution >= 4 is 28.6 Å². The number of nitrogens with one attached hydrogen (secondary N) is 1. The lowest BCUT2D eigenvalue weighted by atomic mass is 9.95. The van der Waals surface area contributed by atoms with Gasteiger partial charge in [0, 0.05) is 46.9 Å². The molecule has 1 saturated carbocycles. The second-order valence-electron chi connectivity index (χ2n) is 8.50. The zero-order chi connectivity index (χ0) is 23.4. The van der Waals surface area contributed by atoms with Gasteiger partial charge in [-0.2, -0.15) is 5.26 Å². The molecule has 4 rings (SSSR count). The van der Waals surface area contributed by atoms with Crippen molar-refractivity contribution in [2.24, 2.45) is 0 Å². The molecule has 1 heterocycles. The molecule has 0 radical (unpaired) electrons. The number of rotatable bonds is 6. The second-order valence-corrected chi connectivity index (χ2v) is 8.50. The first-order chi connectivity index (χ1) is 16.0. The van der Waals surface area contributed by atoms with Gasteiger partial charge in [0.05, 0.1) is 4.92 Å². The van der Waals surface area contributed by atoms with E-state index in [0.717, 1.165) is 53.4 Å². The topological polar surface area (TPSA) is 101 Å². The van der Waals surface area contributed by atoms with Crippen LogP contribution < -0.4 is 5.32 Å². The van der Waals surface area contributed by atoms with Gasteiger partial charge < -0.3 is 9.88 Å². The molecule has 1 N–H and O–H groups in total. The van der Waals surface area contributed by atoms with E-state index in [4.69, 9.17) is 0 Å². The van der Waals surface area contributed by atoms with Crippen molar-refractivity contribution in [3.63, 3.8) is 0 Å². The number of nitro groups is 1. The molecule has 1 fully saturated rings. The van der Waals surface area contributed by atoms with Crippen LogP contribution in [-0.2, 0) is 11.3 Å². The number of hydrogen-bond donors (Lipinski definition) is 1. The van der Waals surface area contributed by atoms with Gasteiger partial charge >= 0.3 is 0 Å². The van der Waals surface area contributed by atoms with Crippen molar-refractivity contribution in [2.75, 3.05) is 0 Å². The van der Waals surface area contributed by atoms with Gasteiger partial charge in [0.2, 0.25) is 0 Å². The number of nitro benzene ring substituents is 1. The maximum atomic E-state index is 12.8. The van der Waals surface area contributed by atoms with Crippen LogP contribution in [0.4, 0.5) is 5.69 Å². The van der Waals surface area contributed by atoms with Crippen molar-refractivity contribution in [3.8, 4) is 6.07 Å².